The van der Waals surface area contributed by atoms with Crippen LogP contribution in [0.25, 0.3) is 0 Å². The number of benzene rings is 1. The molecular formula is C107H229N37O3. The molecule has 0 amide bonds. The number of anilines is 5. The quantitative estimate of drug-likeness (QED) is 0.0359. The monoisotopic (exact) mass is 2080 g/mol. The molecule has 0 atom stereocenters. The van der Waals surface area contributed by atoms with Crippen molar-refractivity contribution in [3.8, 4) is 17.2 Å². The molecule has 0 radical (unpaired) electrons. The Labute approximate surface area is 896 Å². The van der Waals surface area contributed by atoms with Gasteiger partial charge in [-0.05, 0) is 382 Å². The lowest BCUT2D eigenvalue weighted by molar-refractivity contribution is -0.0953. The molecule has 25 N–H and O–H groups in total. The lowest BCUT2D eigenvalue weighted by Crippen LogP contribution is -2.81. The molecule has 1 aromatic carbocycles. The minimum atomic E-state index is 0.257. The molecule has 6 saturated carbocycles. The Morgan fingerprint density at radius 3 is 0.844 bits per heavy atom. The summed E-state index contributed by atoms with van der Waals surface area (Å²) < 4.78 is 17.5. The zero-order chi connectivity index (χ0) is 108. The Kier molecular flexibility index (Phi) is 75.1. The Morgan fingerprint density at radius 2 is 0.592 bits per heavy atom. The minimum absolute atomic E-state index is 0.257. The second-order valence-electron chi connectivity index (χ2n) is 42.1. The Bertz CT molecular complexity index is 3150. The molecule has 6 aliphatic carbocycles. The number of piperidine rings is 2. The summed E-state index contributed by atoms with van der Waals surface area (Å²) in [6, 6.07) is 9.68. The highest BCUT2D eigenvalue weighted by Crippen LogP contribution is 2.60. The van der Waals surface area contributed by atoms with Crippen LogP contribution in [-0.2, 0) is 0 Å². The van der Waals surface area contributed by atoms with Gasteiger partial charge in [-0.3, -0.25) is 0 Å². The fourth-order valence-corrected chi connectivity index (χ4v) is 21.9. The first-order valence-electron chi connectivity index (χ1n) is 56.6. The fourth-order valence-electron chi connectivity index (χ4n) is 21.9. The molecular weight excluding hydrogens is 1850 g/mol. The van der Waals surface area contributed by atoms with Crippen LogP contribution in [0.4, 0.5) is 29.7 Å². The summed E-state index contributed by atoms with van der Waals surface area (Å²) in [7, 11) is 56.8. The third-order valence-corrected chi connectivity index (χ3v) is 30.2. The normalized spacial score (nSPS) is 21.6. The van der Waals surface area contributed by atoms with Gasteiger partial charge in [0.05, 0.1) is 19.8 Å². The number of nitrogens with one attached hydrogen (secondary N) is 25. The fraction of sp³-hybridized carbons (Fsp3) is 0.888. The number of ether oxygens (including phenoxy) is 3. The van der Waals surface area contributed by atoms with E-state index in [1.807, 2.05) is 145 Å². The number of hydrogen-bond donors (Lipinski definition) is 25. The number of aromatic nitrogens is 6. The summed E-state index contributed by atoms with van der Waals surface area (Å²) in [6.45, 7) is 29.8. The summed E-state index contributed by atoms with van der Waals surface area (Å²) in [6.07, 6.45) is 29.3. The molecule has 40 heteroatoms. The van der Waals surface area contributed by atoms with E-state index in [9.17, 15) is 0 Å². The number of rotatable bonds is 66. The molecule has 3 aromatic rings. The Balaban J connectivity index is 0.000000444. The summed E-state index contributed by atoms with van der Waals surface area (Å²) in [4.78, 5) is 42.8. The molecule has 40 nitrogen and oxygen atoms in total. The molecule has 8 fully saturated rings. The Morgan fingerprint density at radius 1 is 0.313 bits per heavy atom. The molecule has 0 spiro atoms. The van der Waals surface area contributed by atoms with Crippen LogP contribution in [0.15, 0.2) is 18.2 Å². The van der Waals surface area contributed by atoms with Crippen LogP contribution in [0.2, 0.25) is 0 Å². The standard InChI is InChI=1S/C22H40N8.C18H39N9.C18H33N3O3.C14H28N4.C10H25N3.C9H24N4.C9H21N3.C7H19N3/c1-23-17-6-4-16(5-7-17)20-26-21(29-12-8-18(24-2)9-13-29)28-22(27-20)30-14-10-19(25-3)11-15-30;1-19-10-7-13-25(4)16-22-17(26(5)14-8-11-20-2)24-18(23-16)27(6)15-9-12-21-3;1-19-7-4-10-22-16-13-17(23-11-5-8-20-2)15-18(14-16)24-12-6-9-21-3;1-15-11-5-12(16-2)8-13(6-11,17-3)10-14(7-11,9-12)18-4;1-4-5-8-13(9-6-11-2)10-7-12-3;1-10-5-9(6-11-2,7-12-3)8-13-4;1-10-7-4-8(11-2)6-9(5-7)12-3;1-8-4-7(5-9-2)6-10-3/h16-19,23-25H,4-15H2,1-3H3;19-21H,7-15H2,1-6H3;13-15,19-21H,4-12H2,1-3H3;15-18H,5-10H2,1-4H3;11-12H,4-10H2,1-3H3;10-13H,5-8H2,1-4H3;7-12H,4-6H2,1-3H3;7-10H,4-6H2,1-3H3. The van der Waals surface area contributed by atoms with E-state index in [-0.39, 0.29) is 5.41 Å². The molecule has 4 bridgehead atoms. The van der Waals surface area contributed by atoms with E-state index < -0.39 is 0 Å². The zero-order valence-electron chi connectivity index (χ0n) is 98.9. The number of likely N-dealkylation sites (N-methyl/N-ethyl adjacent to an activating group) is 2. The molecule has 4 heterocycles. The largest absolute Gasteiger partial charge is 0.493 e. The molecule has 2 aliphatic heterocycles. The molecule has 860 valence electrons. The van der Waals surface area contributed by atoms with Crippen molar-refractivity contribution in [1.29, 1.82) is 0 Å². The predicted molar refractivity (Wildman–Crippen MR) is 626 cm³/mol. The number of nitrogens with zero attached hydrogens (tertiary/aromatic N) is 12. The van der Waals surface area contributed by atoms with Crippen molar-refractivity contribution in [3.63, 3.8) is 0 Å². The second kappa shape index (κ2) is 81.3. The highest BCUT2D eigenvalue weighted by atomic mass is 16.5. The van der Waals surface area contributed by atoms with Crippen molar-refractivity contribution in [2.24, 2.45) is 11.3 Å². The lowest BCUT2D eigenvalue weighted by Gasteiger charge is -2.70. The van der Waals surface area contributed by atoms with Crippen molar-refractivity contribution in [1.82, 2.24) is 168 Å². The highest BCUT2D eigenvalue weighted by Gasteiger charge is 2.67. The molecule has 11 rings (SSSR count). The van der Waals surface area contributed by atoms with E-state index in [4.69, 9.17) is 44.1 Å². The number of hydrogen-bond acceptors (Lipinski definition) is 40. The van der Waals surface area contributed by atoms with E-state index in [1.54, 1.807) is 0 Å². The SMILES string of the molecule is CCCCN(CCNC)CCNC.CNC12CC3(NC)CC(NC)(C1)CC(NC)(C2)C3.CNC1CC(NC)CC(NC)C1.CNC1CCC(c2nc(N3CCC(NC)CC3)nc(N3CCC(NC)CC3)n2)CC1.CNCC(CNC)(CNC)CNC.CNCC(CNC)CNC.CNCCCN(C)c1nc(N(C)CCCNC)nc(N(C)CCCNC)n1.CNCCCOc1cc(OCCCNC)cc(OCCCNC)c1. The first-order chi connectivity index (χ1) is 71.2. The molecule has 147 heavy (non-hydrogen) atoms. The lowest BCUT2D eigenvalue weighted by atomic mass is 9.44. The van der Waals surface area contributed by atoms with Crippen molar-refractivity contribution >= 4 is 29.7 Å². The third-order valence-electron chi connectivity index (χ3n) is 30.2. The van der Waals surface area contributed by atoms with E-state index >= 15 is 0 Å². The van der Waals surface area contributed by atoms with Gasteiger partial charge in [-0.2, -0.15) is 29.9 Å². The highest BCUT2D eigenvalue weighted by molar-refractivity contribution is 5.46. The van der Waals surface area contributed by atoms with Gasteiger partial charge in [0.2, 0.25) is 29.7 Å². The van der Waals surface area contributed by atoms with Crippen molar-refractivity contribution < 1.29 is 14.2 Å². The maximum Gasteiger partial charge on any atom is 0.231 e. The van der Waals surface area contributed by atoms with Gasteiger partial charge in [0.1, 0.15) is 23.1 Å². The van der Waals surface area contributed by atoms with Crippen LogP contribution in [0, 0.1) is 11.3 Å². The topological polar surface area (TPSA) is 425 Å². The van der Waals surface area contributed by atoms with Gasteiger partial charge in [0.15, 0.2) is 0 Å². The Hall–Kier alpha value is -5.40. The molecule has 2 saturated heterocycles. The van der Waals surface area contributed by atoms with E-state index in [0.29, 0.717) is 90.1 Å². The van der Waals surface area contributed by atoms with E-state index in [2.05, 4.69) is 240 Å². The van der Waals surface area contributed by atoms with Gasteiger partial charge in [0, 0.05) is 227 Å². The first kappa shape index (κ1) is 136. The maximum atomic E-state index is 5.82. The van der Waals surface area contributed by atoms with Crippen LogP contribution in [0.3, 0.4) is 0 Å². The summed E-state index contributed by atoms with van der Waals surface area (Å²) in [5.41, 5.74) is 1.44. The van der Waals surface area contributed by atoms with Gasteiger partial charge in [-0.1, -0.05) is 13.3 Å². The van der Waals surface area contributed by atoms with E-state index in [1.165, 1.54) is 90.0 Å². The average molecular weight is 2080 g/mol. The molecule has 8 aliphatic rings. The van der Waals surface area contributed by atoms with E-state index in [0.717, 1.165) is 287 Å². The van der Waals surface area contributed by atoms with Crippen molar-refractivity contribution in [2.75, 3.05) is 405 Å². The first-order valence-corrected chi connectivity index (χ1v) is 56.6. The van der Waals surface area contributed by atoms with Crippen molar-refractivity contribution in [3.05, 3.63) is 24.0 Å². The third kappa shape index (κ3) is 52.6. The second-order valence-corrected chi connectivity index (χ2v) is 42.1. The summed E-state index contributed by atoms with van der Waals surface area (Å²) in [5.74, 6) is 8.54. The molecule has 2 aromatic heterocycles. The average Bonchev–Trinajstić information content (AvgIpc) is 0.687. The molecule has 0 unspecified atom stereocenters. The van der Waals surface area contributed by atoms with Crippen LogP contribution < -0.4 is 172 Å². The summed E-state index contributed by atoms with van der Waals surface area (Å²) >= 11 is 0. The van der Waals surface area contributed by atoms with Crippen LogP contribution in [-0.4, -0.2) is 474 Å². The summed E-state index contributed by atoms with van der Waals surface area (Å²) in [5, 5.41) is 82.7. The minimum Gasteiger partial charge on any atom is -0.493 e. The maximum absolute atomic E-state index is 5.82. The van der Waals surface area contributed by atoms with Gasteiger partial charge < -0.3 is 177 Å². The van der Waals surface area contributed by atoms with Gasteiger partial charge in [0.25, 0.3) is 0 Å². The van der Waals surface area contributed by atoms with Gasteiger partial charge in [-0.15, -0.1) is 0 Å². The van der Waals surface area contributed by atoms with Gasteiger partial charge >= 0.3 is 0 Å². The number of unbranched alkanes of at least 4 members (excludes halogenated alkanes) is 1. The van der Waals surface area contributed by atoms with Crippen LogP contribution >= 0.6 is 0 Å². The zero-order valence-corrected chi connectivity index (χ0v) is 98.9. The van der Waals surface area contributed by atoms with Crippen LogP contribution in [0.1, 0.15) is 179 Å². The smallest absolute Gasteiger partial charge is 0.231 e. The van der Waals surface area contributed by atoms with Crippen LogP contribution in [0.5, 0.6) is 17.2 Å². The van der Waals surface area contributed by atoms with Crippen molar-refractivity contribution in [2.45, 2.75) is 232 Å². The predicted octanol–water partition coefficient (Wildman–Crippen LogP) is 1.93. The van der Waals surface area contributed by atoms with Gasteiger partial charge in [-0.25, -0.2) is 0 Å².